The Labute approximate surface area is 161 Å². The molecule has 0 bridgehead atoms. The first-order valence-electron chi connectivity index (χ1n) is 9.86. The molecule has 2 N–H and O–H groups in total. The van der Waals surface area contributed by atoms with Gasteiger partial charge in [0.1, 0.15) is 0 Å². The van der Waals surface area contributed by atoms with Crippen molar-refractivity contribution in [3.8, 4) is 0 Å². The molecule has 0 aromatic heterocycles. The van der Waals surface area contributed by atoms with Crippen LogP contribution in [0.4, 0.5) is 0 Å². The highest BCUT2D eigenvalue weighted by atomic mass is 16.2. The maximum Gasteiger partial charge on any atom is 0.251 e. The minimum Gasteiger partial charge on any atom is -0.349 e. The fraction of sp³-hybridized carbons (Fsp3) is 0.391. The van der Waals surface area contributed by atoms with Crippen LogP contribution in [0.25, 0.3) is 0 Å². The molecule has 0 aliphatic heterocycles. The number of hydrogen-bond donors (Lipinski definition) is 2. The maximum atomic E-state index is 12.6. The van der Waals surface area contributed by atoms with E-state index in [-0.39, 0.29) is 17.9 Å². The van der Waals surface area contributed by atoms with Crippen molar-refractivity contribution in [2.24, 2.45) is 0 Å². The third-order valence-corrected chi connectivity index (χ3v) is 5.11. The van der Waals surface area contributed by atoms with Crippen molar-refractivity contribution >= 4 is 11.8 Å². The SMILES string of the molecule is Cc1cccc(CNC(=O)c2cccc(C(=O)NC3CCCCCC3)c2)c1. The highest BCUT2D eigenvalue weighted by Gasteiger charge is 2.16. The number of hydrogen-bond acceptors (Lipinski definition) is 2. The van der Waals surface area contributed by atoms with Crippen LogP contribution in [-0.2, 0) is 6.54 Å². The predicted octanol–water partition coefficient (Wildman–Crippen LogP) is 4.38. The van der Waals surface area contributed by atoms with Gasteiger partial charge in [-0.3, -0.25) is 9.59 Å². The third-order valence-electron chi connectivity index (χ3n) is 5.11. The van der Waals surface area contributed by atoms with Gasteiger partial charge in [-0.15, -0.1) is 0 Å². The Morgan fingerprint density at radius 1 is 0.889 bits per heavy atom. The van der Waals surface area contributed by atoms with E-state index < -0.39 is 0 Å². The van der Waals surface area contributed by atoms with E-state index in [0.717, 1.165) is 18.4 Å². The second kappa shape index (κ2) is 9.36. The Morgan fingerprint density at radius 2 is 1.56 bits per heavy atom. The molecule has 0 spiro atoms. The van der Waals surface area contributed by atoms with Crippen molar-refractivity contribution < 1.29 is 9.59 Å². The first-order chi connectivity index (χ1) is 13.1. The van der Waals surface area contributed by atoms with Gasteiger partial charge in [-0.25, -0.2) is 0 Å². The number of amides is 2. The number of carbonyl (C=O) groups is 2. The van der Waals surface area contributed by atoms with Gasteiger partial charge >= 0.3 is 0 Å². The van der Waals surface area contributed by atoms with Gasteiger partial charge in [0.25, 0.3) is 11.8 Å². The Bertz CT molecular complexity index is 792. The molecule has 1 aliphatic rings. The number of nitrogens with one attached hydrogen (secondary N) is 2. The molecule has 0 saturated heterocycles. The molecular formula is C23H28N2O2. The molecule has 0 heterocycles. The molecule has 1 fully saturated rings. The van der Waals surface area contributed by atoms with Crippen LogP contribution in [0.5, 0.6) is 0 Å². The zero-order valence-electron chi connectivity index (χ0n) is 16.0. The van der Waals surface area contributed by atoms with Gasteiger partial charge in [0.05, 0.1) is 0 Å². The van der Waals surface area contributed by atoms with Crippen LogP contribution < -0.4 is 10.6 Å². The summed E-state index contributed by atoms with van der Waals surface area (Å²) >= 11 is 0. The van der Waals surface area contributed by atoms with E-state index in [4.69, 9.17) is 0 Å². The van der Waals surface area contributed by atoms with Gasteiger partial charge in [-0.2, -0.15) is 0 Å². The molecule has 2 aromatic rings. The molecule has 3 rings (SSSR count). The molecule has 27 heavy (non-hydrogen) atoms. The summed E-state index contributed by atoms with van der Waals surface area (Å²) in [7, 11) is 0. The summed E-state index contributed by atoms with van der Waals surface area (Å²) in [6.45, 7) is 2.50. The van der Waals surface area contributed by atoms with E-state index in [1.807, 2.05) is 25.1 Å². The summed E-state index contributed by atoms with van der Waals surface area (Å²) in [5.41, 5.74) is 3.28. The largest absolute Gasteiger partial charge is 0.349 e. The molecule has 0 unspecified atom stereocenters. The molecule has 2 aromatic carbocycles. The first-order valence-corrected chi connectivity index (χ1v) is 9.86. The maximum absolute atomic E-state index is 12.6. The van der Waals surface area contributed by atoms with E-state index >= 15 is 0 Å². The molecule has 2 amide bonds. The number of aryl methyl sites for hydroxylation is 1. The Hall–Kier alpha value is -2.62. The summed E-state index contributed by atoms with van der Waals surface area (Å²) < 4.78 is 0. The lowest BCUT2D eigenvalue weighted by Gasteiger charge is -2.16. The van der Waals surface area contributed by atoms with Gasteiger partial charge in [0.2, 0.25) is 0 Å². The topological polar surface area (TPSA) is 58.2 Å². The summed E-state index contributed by atoms with van der Waals surface area (Å²) in [4.78, 5) is 25.0. The van der Waals surface area contributed by atoms with E-state index in [0.29, 0.717) is 17.7 Å². The fourth-order valence-corrected chi connectivity index (χ4v) is 3.60. The number of benzene rings is 2. The van der Waals surface area contributed by atoms with E-state index in [2.05, 4.69) is 16.7 Å². The Kier molecular flexibility index (Phi) is 6.64. The second-order valence-corrected chi connectivity index (χ2v) is 7.41. The quantitative estimate of drug-likeness (QED) is 0.774. The molecule has 4 nitrogen and oxygen atoms in total. The highest BCUT2D eigenvalue weighted by molar-refractivity contribution is 5.99. The van der Waals surface area contributed by atoms with Crippen LogP contribution in [-0.4, -0.2) is 17.9 Å². The molecule has 1 aliphatic carbocycles. The van der Waals surface area contributed by atoms with Crippen LogP contribution in [0.2, 0.25) is 0 Å². The van der Waals surface area contributed by atoms with Gasteiger partial charge < -0.3 is 10.6 Å². The van der Waals surface area contributed by atoms with Crippen molar-refractivity contribution in [3.63, 3.8) is 0 Å². The first kappa shape index (κ1) is 19.2. The van der Waals surface area contributed by atoms with Crippen molar-refractivity contribution in [3.05, 3.63) is 70.8 Å². The van der Waals surface area contributed by atoms with Crippen molar-refractivity contribution in [1.82, 2.24) is 10.6 Å². The van der Waals surface area contributed by atoms with Crippen molar-refractivity contribution in [2.75, 3.05) is 0 Å². The van der Waals surface area contributed by atoms with Crippen LogP contribution in [0, 0.1) is 6.92 Å². The minimum absolute atomic E-state index is 0.0877. The third kappa shape index (κ3) is 5.68. The fourth-order valence-electron chi connectivity index (χ4n) is 3.60. The lowest BCUT2D eigenvalue weighted by Crippen LogP contribution is -2.34. The average molecular weight is 364 g/mol. The molecule has 0 atom stereocenters. The van der Waals surface area contributed by atoms with Crippen LogP contribution >= 0.6 is 0 Å². The van der Waals surface area contributed by atoms with Gasteiger partial charge in [-0.1, -0.05) is 61.6 Å². The molecule has 1 saturated carbocycles. The molecule has 0 radical (unpaired) electrons. The Balaban J connectivity index is 1.60. The van der Waals surface area contributed by atoms with Crippen LogP contribution in [0.15, 0.2) is 48.5 Å². The summed E-state index contributed by atoms with van der Waals surface area (Å²) in [5, 5.41) is 6.06. The van der Waals surface area contributed by atoms with Gasteiger partial charge in [-0.05, 0) is 43.5 Å². The van der Waals surface area contributed by atoms with E-state index in [1.165, 1.54) is 31.2 Å². The summed E-state index contributed by atoms with van der Waals surface area (Å²) in [5.74, 6) is -0.254. The summed E-state index contributed by atoms with van der Waals surface area (Å²) in [6.07, 6.45) is 6.94. The standard InChI is InChI=1S/C23H28N2O2/c1-17-8-6-9-18(14-17)16-24-22(26)19-10-7-11-20(15-19)23(27)25-21-12-4-2-3-5-13-21/h6-11,14-15,21H,2-5,12-13,16H2,1H3,(H,24,26)(H,25,27). The van der Waals surface area contributed by atoms with Crippen LogP contribution in [0.1, 0.15) is 70.4 Å². The predicted molar refractivity (Wildman–Crippen MR) is 108 cm³/mol. The number of carbonyl (C=O) groups excluding carboxylic acids is 2. The van der Waals surface area contributed by atoms with Gasteiger partial charge in [0.15, 0.2) is 0 Å². The smallest absolute Gasteiger partial charge is 0.251 e. The van der Waals surface area contributed by atoms with Crippen LogP contribution in [0.3, 0.4) is 0 Å². The van der Waals surface area contributed by atoms with Crippen molar-refractivity contribution in [2.45, 2.75) is 58.0 Å². The number of rotatable bonds is 5. The monoisotopic (exact) mass is 364 g/mol. The van der Waals surface area contributed by atoms with Gasteiger partial charge in [0, 0.05) is 23.7 Å². The second-order valence-electron chi connectivity index (χ2n) is 7.41. The van der Waals surface area contributed by atoms with E-state index in [1.54, 1.807) is 24.3 Å². The van der Waals surface area contributed by atoms with Crippen molar-refractivity contribution in [1.29, 1.82) is 0 Å². The molecular weight excluding hydrogens is 336 g/mol. The summed E-state index contributed by atoms with van der Waals surface area (Å²) in [6, 6.07) is 15.3. The Morgan fingerprint density at radius 3 is 2.26 bits per heavy atom. The van der Waals surface area contributed by atoms with E-state index in [9.17, 15) is 9.59 Å². The zero-order valence-corrected chi connectivity index (χ0v) is 16.0. The average Bonchev–Trinajstić information content (AvgIpc) is 2.95. The highest BCUT2D eigenvalue weighted by Crippen LogP contribution is 2.18. The molecule has 142 valence electrons. The zero-order chi connectivity index (χ0) is 19.1. The minimum atomic E-state index is -0.166. The molecule has 4 heteroatoms. The lowest BCUT2D eigenvalue weighted by molar-refractivity contribution is 0.0933. The lowest BCUT2D eigenvalue weighted by atomic mass is 10.1. The normalized spacial score (nSPS) is 15.0.